The minimum atomic E-state index is -0.461. The monoisotopic (exact) mass is 368 g/mol. The summed E-state index contributed by atoms with van der Waals surface area (Å²) in [4.78, 5) is 27.2. The summed E-state index contributed by atoms with van der Waals surface area (Å²) in [5, 5.41) is 2.70. The van der Waals surface area contributed by atoms with Crippen molar-refractivity contribution in [3.63, 3.8) is 0 Å². The quantitative estimate of drug-likeness (QED) is 0.840. The number of carbonyl (C=O) groups excluding carboxylic acids is 2. The third-order valence-electron chi connectivity index (χ3n) is 4.57. The van der Waals surface area contributed by atoms with E-state index in [0.717, 1.165) is 24.8 Å². The maximum absolute atomic E-state index is 13.0. The van der Waals surface area contributed by atoms with Gasteiger partial charge in [-0.3, -0.25) is 9.59 Å². The van der Waals surface area contributed by atoms with E-state index in [4.69, 9.17) is 13.9 Å². The molecule has 0 unspecified atom stereocenters. The van der Waals surface area contributed by atoms with E-state index in [1.807, 2.05) is 6.07 Å². The van der Waals surface area contributed by atoms with Crippen molar-refractivity contribution in [1.29, 1.82) is 0 Å². The second-order valence-electron chi connectivity index (χ2n) is 6.45. The molecular weight excluding hydrogens is 348 g/mol. The van der Waals surface area contributed by atoms with E-state index in [1.54, 1.807) is 35.2 Å². The first-order valence-electron chi connectivity index (χ1n) is 8.96. The van der Waals surface area contributed by atoms with Crippen molar-refractivity contribution in [2.45, 2.75) is 19.3 Å². The fourth-order valence-electron chi connectivity index (χ4n) is 3.18. The molecule has 0 saturated carbocycles. The Bertz CT molecular complexity index is 867. The van der Waals surface area contributed by atoms with Crippen molar-refractivity contribution < 1.29 is 23.5 Å². The number of ether oxygens (including phenoxy) is 2. The molecule has 1 aromatic carbocycles. The Kier molecular flexibility index (Phi) is 4.82. The Morgan fingerprint density at radius 3 is 2.63 bits per heavy atom. The second kappa shape index (κ2) is 7.57. The average molecular weight is 368 g/mol. The number of nitrogens with zero attached hydrogens (tertiary/aromatic N) is 1. The lowest BCUT2D eigenvalue weighted by Crippen LogP contribution is -2.41. The van der Waals surface area contributed by atoms with E-state index in [9.17, 15) is 9.59 Å². The number of benzene rings is 1. The minimum Gasteiger partial charge on any atom is -0.459 e. The number of nitrogens with one attached hydrogen (secondary N) is 1. The van der Waals surface area contributed by atoms with Gasteiger partial charge in [-0.25, -0.2) is 0 Å². The predicted molar refractivity (Wildman–Crippen MR) is 97.1 cm³/mol. The van der Waals surface area contributed by atoms with Gasteiger partial charge in [0, 0.05) is 13.1 Å². The fourth-order valence-corrected chi connectivity index (χ4v) is 3.18. The van der Waals surface area contributed by atoms with E-state index in [0.29, 0.717) is 24.6 Å². The van der Waals surface area contributed by atoms with Crippen LogP contribution in [0, 0.1) is 0 Å². The normalized spacial score (nSPS) is 16.3. The maximum atomic E-state index is 13.0. The van der Waals surface area contributed by atoms with Crippen LogP contribution in [-0.2, 0) is 4.79 Å². The van der Waals surface area contributed by atoms with E-state index >= 15 is 0 Å². The number of amides is 2. The Hall–Kier alpha value is -3.22. The fraction of sp³-hybridized carbons (Fsp3) is 0.300. The van der Waals surface area contributed by atoms with Crippen molar-refractivity contribution in [3.05, 3.63) is 53.6 Å². The highest BCUT2D eigenvalue weighted by Gasteiger charge is 2.23. The number of hydrogen-bond donors (Lipinski definition) is 1. The van der Waals surface area contributed by atoms with Gasteiger partial charge in [-0.2, -0.15) is 0 Å². The summed E-state index contributed by atoms with van der Waals surface area (Å²) in [6.07, 6.45) is 6.12. The number of piperidine rings is 1. The number of fused-ring (bicyclic) bond motifs is 1. The molecule has 1 aromatic heterocycles. The smallest absolute Gasteiger partial charge is 0.291 e. The molecule has 0 bridgehead atoms. The van der Waals surface area contributed by atoms with Crippen LogP contribution in [0.2, 0.25) is 0 Å². The van der Waals surface area contributed by atoms with Crippen LogP contribution in [0.15, 0.2) is 46.7 Å². The predicted octanol–water partition coefficient (Wildman–Crippen LogP) is 2.79. The van der Waals surface area contributed by atoms with Gasteiger partial charge in [0.05, 0.1) is 6.26 Å². The second-order valence-corrected chi connectivity index (χ2v) is 6.45. The van der Waals surface area contributed by atoms with Crippen LogP contribution in [0.5, 0.6) is 11.5 Å². The van der Waals surface area contributed by atoms with Crippen molar-refractivity contribution in [3.8, 4) is 11.5 Å². The Balaban J connectivity index is 1.62. The molecule has 0 radical (unpaired) electrons. The molecule has 2 aliphatic heterocycles. The van der Waals surface area contributed by atoms with Crippen LogP contribution in [0.3, 0.4) is 0 Å². The number of rotatable bonds is 4. The standard InChI is InChI=1S/C20H20N2O5/c23-19(17-5-4-10-25-17)21-15(20(24)22-8-2-1-3-9-22)11-14-6-7-16-18(12-14)27-13-26-16/h4-7,10-12H,1-3,8-9,13H2,(H,21,23)/b15-11+. The van der Waals surface area contributed by atoms with Gasteiger partial charge in [0.25, 0.3) is 11.8 Å². The Labute approximate surface area is 156 Å². The molecule has 3 heterocycles. The summed E-state index contributed by atoms with van der Waals surface area (Å²) in [5.41, 5.74) is 0.941. The summed E-state index contributed by atoms with van der Waals surface area (Å²) in [7, 11) is 0. The molecule has 1 saturated heterocycles. The Morgan fingerprint density at radius 1 is 1.04 bits per heavy atom. The molecule has 1 fully saturated rings. The van der Waals surface area contributed by atoms with Crippen molar-refractivity contribution in [2.24, 2.45) is 0 Å². The third kappa shape index (κ3) is 3.81. The van der Waals surface area contributed by atoms with E-state index < -0.39 is 5.91 Å². The summed E-state index contributed by atoms with van der Waals surface area (Å²) in [6, 6.07) is 8.56. The lowest BCUT2D eigenvalue weighted by atomic mass is 10.1. The van der Waals surface area contributed by atoms with Gasteiger partial charge < -0.3 is 24.1 Å². The summed E-state index contributed by atoms with van der Waals surface area (Å²) in [5.74, 6) is 0.768. The molecule has 2 aromatic rings. The van der Waals surface area contributed by atoms with Gasteiger partial charge in [-0.1, -0.05) is 6.07 Å². The van der Waals surface area contributed by atoms with Crippen LogP contribution in [-0.4, -0.2) is 36.6 Å². The SMILES string of the molecule is O=C(N/C(=C/c1ccc2c(c1)OCO2)C(=O)N1CCCCC1)c1ccco1. The van der Waals surface area contributed by atoms with Gasteiger partial charge in [-0.05, 0) is 55.2 Å². The van der Waals surface area contributed by atoms with E-state index in [-0.39, 0.29) is 24.2 Å². The zero-order valence-electron chi connectivity index (χ0n) is 14.8. The molecule has 140 valence electrons. The summed E-state index contributed by atoms with van der Waals surface area (Å²) >= 11 is 0. The average Bonchev–Trinajstić information content (AvgIpc) is 3.39. The zero-order valence-corrected chi connectivity index (χ0v) is 14.8. The largest absolute Gasteiger partial charge is 0.459 e. The number of likely N-dealkylation sites (tertiary alicyclic amines) is 1. The van der Waals surface area contributed by atoms with Crippen LogP contribution in [0.25, 0.3) is 6.08 Å². The molecule has 1 N–H and O–H groups in total. The highest BCUT2D eigenvalue weighted by atomic mass is 16.7. The molecule has 0 aliphatic carbocycles. The van der Waals surface area contributed by atoms with Gasteiger partial charge in [0.15, 0.2) is 17.3 Å². The number of carbonyl (C=O) groups is 2. The van der Waals surface area contributed by atoms with Crippen LogP contribution < -0.4 is 14.8 Å². The van der Waals surface area contributed by atoms with Gasteiger partial charge >= 0.3 is 0 Å². The lowest BCUT2D eigenvalue weighted by Gasteiger charge is -2.27. The molecule has 27 heavy (non-hydrogen) atoms. The number of furan rings is 1. The first-order valence-corrected chi connectivity index (χ1v) is 8.96. The van der Waals surface area contributed by atoms with E-state index in [1.165, 1.54) is 6.26 Å². The lowest BCUT2D eigenvalue weighted by molar-refractivity contribution is -0.128. The zero-order chi connectivity index (χ0) is 18.6. The third-order valence-corrected chi connectivity index (χ3v) is 4.57. The molecule has 0 spiro atoms. The van der Waals surface area contributed by atoms with E-state index in [2.05, 4.69) is 5.32 Å². The maximum Gasteiger partial charge on any atom is 0.291 e. The number of hydrogen-bond acceptors (Lipinski definition) is 5. The molecule has 7 heteroatoms. The Morgan fingerprint density at radius 2 is 1.85 bits per heavy atom. The first kappa shape index (κ1) is 17.2. The highest BCUT2D eigenvalue weighted by Crippen LogP contribution is 2.33. The minimum absolute atomic E-state index is 0.151. The molecular formula is C20H20N2O5. The molecule has 2 amide bonds. The van der Waals surface area contributed by atoms with Crippen molar-refractivity contribution in [2.75, 3.05) is 19.9 Å². The van der Waals surface area contributed by atoms with Crippen LogP contribution in [0.1, 0.15) is 35.4 Å². The molecule has 4 rings (SSSR count). The molecule has 2 aliphatic rings. The van der Waals surface area contributed by atoms with Gasteiger partial charge in [0.2, 0.25) is 6.79 Å². The highest BCUT2D eigenvalue weighted by molar-refractivity contribution is 6.04. The van der Waals surface area contributed by atoms with Gasteiger partial charge in [0.1, 0.15) is 5.70 Å². The summed E-state index contributed by atoms with van der Waals surface area (Å²) < 4.78 is 15.8. The summed E-state index contributed by atoms with van der Waals surface area (Å²) in [6.45, 7) is 1.55. The molecule has 0 atom stereocenters. The topological polar surface area (TPSA) is 81.0 Å². The first-order chi connectivity index (χ1) is 13.2. The van der Waals surface area contributed by atoms with Crippen LogP contribution in [0.4, 0.5) is 0 Å². The van der Waals surface area contributed by atoms with Gasteiger partial charge in [-0.15, -0.1) is 0 Å². The van der Waals surface area contributed by atoms with Crippen molar-refractivity contribution >= 4 is 17.9 Å². The van der Waals surface area contributed by atoms with Crippen molar-refractivity contribution in [1.82, 2.24) is 10.2 Å². The van der Waals surface area contributed by atoms with Crippen LogP contribution >= 0.6 is 0 Å². The molecule has 7 nitrogen and oxygen atoms in total.